The van der Waals surface area contributed by atoms with Crippen molar-refractivity contribution in [1.82, 2.24) is 0 Å². The molecule has 2 heteroatoms. The van der Waals surface area contributed by atoms with Gasteiger partial charge in [-0.2, -0.15) is 0 Å². The van der Waals surface area contributed by atoms with E-state index >= 15 is 0 Å². The molecule has 0 bridgehead atoms. The van der Waals surface area contributed by atoms with E-state index in [9.17, 15) is 0 Å². The molecular weight excluding hydrogens is 59.0 g/mol. The Morgan fingerprint density at radius 3 is 2.00 bits per heavy atom. The summed E-state index contributed by atoms with van der Waals surface area (Å²) in [5.74, 6) is 0. The standard InChI is InChI=1S/C2H7Si.Li.H/c1-2-3;;/h2-3H2,1H3;;/q;+1;-1. The molecular formula is C2H8LiSi. The largest absolute Gasteiger partial charge is 1.00 e. The van der Waals surface area contributed by atoms with Gasteiger partial charge < -0.3 is 1.43 Å². The molecule has 0 spiro atoms. The number of rotatable bonds is 0. The van der Waals surface area contributed by atoms with Crippen molar-refractivity contribution in [2.75, 3.05) is 0 Å². The van der Waals surface area contributed by atoms with Gasteiger partial charge in [-0.1, -0.05) is 13.0 Å². The summed E-state index contributed by atoms with van der Waals surface area (Å²) in [5.41, 5.74) is 0. The fraction of sp³-hybridized carbons (Fsp3) is 1.00. The molecule has 0 aliphatic heterocycles. The SMILES string of the molecule is CC[SiH2].[H-].[Li+]. The monoisotopic (exact) mass is 67.1 g/mol. The quantitative estimate of drug-likeness (QED) is 0.268. The zero-order valence-corrected chi connectivity index (χ0v) is 4.83. The van der Waals surface area contributed by atoms with Crippen molar-refractivity contribution in [2.45, 2.75) is 13.0 Å². The first-order valence-electron chi connectivity index (χ1n) is 1.21. The van der Waals surface area contributed by atoms with Gasteiger partial charge in [-0.15, -0.1) is 0 Å². The minimum absolute atomic E-state index is 0. The van der Waals surface area contributed by atoms with Gasteiger partial charge in [0.05, 0.1) is 0 Å². The second-order valence-corrected chi connectivity index (χ2v) is 1.50. The number of hydrogen-bond acceptors (Lipinski definition) is 0. The van der Waals surface area contributed by atoms with Crippen molar-refractivity contribution in [3.8, 4) is 0 Å². The van der Waals surface area contributed by atoms with Crippen LogP contribution in [0, 0.1) is 0 Å². The van der Waals surface area contributed by atoms with Crippen LogP contribution in [0.15, 0.2) is 0 Å². The average Bonchev–Trinajstić information content (AvgIpc) is 0.918. The first-order chi connectivity index (χ1) is 1.41. The van der Waals surface area contributed by atoms with Crippen LogP contribution in [-0.4, -0.2) is 10.2 Å². The third-order valence-electron chi connectivity index (χ3n) is 0. The first kappa shape index (κ1) is 8.84. The van der Waals surface area contributed by atoms with Crippen molar-refractivity contribution in [2.24, 2.45) is 0 Å². The normalized spacial score (nSPS) is 4.50. The minimum atomic E-state index is 0. The maximum absolute atomic E-state index is 2.14. The van der Waals surface area contributed by atoms with Crippen molar-refractivity contribution in [1.29, 1.82) is 0 Å². The maximum Gasteiger partial charge on any atom is 1.00 e. The molecule has 0 aromatic heterocycles. The summed E-state index contributed by atoms with van der Waals surface area (Å²) in [7, 11) is 1.97. The van der Waals surface area contributed by atoms with Gasteiger partial charge >= 0.3 is 18.9 Å². The van der Waals surface area contributed by atoms with Crippen LogP contribution in [0.4, 0.5) is 0 Å². The summed E-state index contributed by atoms with van der Waals surface area (Å²) in [5, 5.41) is 0. The van der Waals surface area contributed by atoms with E-state index in [0.717, 1.165) is 0 Å². The smallest absolute Gasteiger partial charge is 1.00 e. The van der Waals surface area contributed by atoms with Gasteiger partial charge in [0.25, 0.3) is 0 Å². The minimum Gasteiger partial charge on any atom is -1.00 e. The van der Waals surface area contributed by atoms with Crippen LogP contribution >= 0.6 is 0 Å². The molecule has 0 aliphatic rings. The van der Waals surface area contributed by atoms with Gasteiger partial charge in [0.2, 0.25) is 0 Å². The Kier molecular flexibility index (Phi) is 20.3. The van der Waals surface area contributed by atoms with Crippen LogP contribution in [0.3, 0.4) is 0 Å². The molecule has 0 fully saturated rings. The first-order valence-corrected chi connectivity index (χ1v) is 2.21. The molecule has 0 rings (SSSR count). The molecule has 0 aromatic rings. The fourth-order valence-electron chi connectivity index (χ4n) is 0. The third-order valence-corrected chi connectivity index (χ3v) is 0. The van der Waals surface area contributed by atoms with E-state index in [1.807, 2.05) is 10.2 Å². The Hall–Kier alpha value is 0.814. The van der Waals surface area contributed by atoms with Gasteiger partial charge in [0, 0.05) is 10.2 Å². The molecule has 21 valence electrons. The Balaban J connectivity index is -0.0000000200. The van der Waals surface area contributed by atoms with Gasteiger partial charge in [-0.3, -0.25) is 0 Å². The zero-order chi connectivity index (χ0) is 2.71. The molecule has 1 radical (unpaired) electrons. The van der Waals surface area contributed by atoms with E-state index in [4.69, 9.17) is 0 Å². The second-order valence-electron chi connectivity index (χ2n) is 0.500. The van der Waals surface area contributed by atoms with Crippen molar-refractivity contribution < 1.29 is 20.3 Å². The van der Waals surface area contributed by atoms with Crippen LogP contribution in [0.2, 0.25) is 6.04 Å². The Morgan fingerprint density at radius 2 is 2.00 bits per heavy atom. The molecule has 0 heterocycles. The van der Waals surface area contributed by atoms with Gasteiger partial charge in [0.15, 0.2) is 0 Å². The maximum atomic E-state index is 2.14. The summed E-state index contributed by atoms with van der Waals surface area (Å²) >= 11 is 0. The Morgan fingerprint density at radius 1 is 2.00 bits per heavy atom. The van der Waals surface area contributed by atoms with E-state index < -0.39 is 0 Å². The third kappa shape index (κ3) is 14.0. The van der Waals surface area contributed by atoms with E-state index in [-0.39, 0.29) is 20.3 Å². The Bertz CT molecular complexity index is 9.61. The molecule has 0 amide bonds. The topological polar surface area (TPSA) is 0 Å². The molecule has 0 aliphatic carbocycles. The molecule has 0 saturated heterocycles. The van der Waals surface area contributed by atoms with E-state index in [1.54, 1.807) is 0 Å². The van der Waals surface area contributed by atoms with Crippen molar-refractivity contribution in [3.05, 3.63) is 0 Å². The van der Waals surface area contributed by atoms with E-state index in [0.29, 0.717) is 0 Å². The predicted molar refractivity (Wildman–Crippen MR) is 20.1 cm³/mol. The fourth-order valence-corrected chi connectivity index (χ4v) is 0. The molecule has 0 N–H and O–H groups in total. The summed E-state index contributed by atoms with van der Waals surface area (Å²) in [6, 6.07) is 1.28. The molecule has 0 nitrogen and oxygen atoms in total. The molecule has 4 heavy (non-hydrogen) atoms. The van der Waals surface area contributed by atoms with Crippen LogP contribution < -0.4 is 18.9 Å². The predicted octanol–water partition coefficient (Wildman–Crippen LogP) is -2.83. The van der Waals surface area contributed by atoms with Gasteiger partial charge in [-0.25, -0.2) is 0 Å². The number of hydrogen-bond donors (Lipinski definition) is 0. The molecule has 0 aromatic carbocycles. The van der Waals surface area contributed by atoms with Crippen LogP contribution in [0.5, 0.6) is 0 Å². The van der Waals surface area contributed by atoms with E-state index in [2.05, 4.69) is 6.92 Å². The van der Waals surface area contributed by atoms with Gasteiger partial charge in [0.1, 0.15) is 0 Å². The zero-order valence-electron chi connectivity index (χ0n) is 4.41. The van der Waals surface area contributed by atoms with E-state index in [1.165, 1.54) is 6.04 Å². The average molecular weight is 67.1 g/mol. The summed E-state index contributed by atoms with van der Waals surface area (Å²) in [6.45, 7) is 2.14. The van der Waals surface area contributed by atoms with Crippen molar-refractivity contribution in [3.63, 3.8) is 0 Å². The molecule has 0 unspecified atom stereocenters. The van der Waals surface area contributed by atoms with Gasteiger partial charge in [-0.05, 0) is 0 Å². The summed E-state index contributed by atoms with van der Waals surface area (Å²) < 4.78 is 0. The van der Waals surface area contributed by atoms with Crippen LogP contribution in [-0.2, 0) is 0 Å². The molecule has 0 atom stereocenters. The van der Waals surface area contributed by atoms with Crippen molar-refractivity contribution >= 4 is 10.2 Å². The molecule has 0 saturated carbocycles. The Labute approximate surface area is 44.1 Å². The summed E-state index contributed by atoms with van der Waals surface area (Å²) in [6.07, 6.45) is 0. The second kappa shape index (κ2) is 9.18. The van der Waals surface area contributed by atoms with Crippen LogP contribution in [0.25, 0.3) is 0 Å². The summed E-state index contributed by atoms with van der Waals surface area (Å²) in [4.78, 5) is 0. The van der Waals surface area contributed by atoms with Crippen LogP contribution in [0.1, 0.15) is 8.35 Å².